The van der Waals surface area contributed by atoms with Crippen molar-refractivity contribution in [2.24, 2.45) is 0 Å². The Bertz CT molecular complexity index is 1530. The molecule has 0 spiro atoms. The first-order chi connectivity index (χ1) is 18.3. The second-order valence-electron chi connectivity index (χ2n) is 9.23. The van der Waals surface area contributed by atoms with E-state index >= 15 is 0 Å². The molecule has 0 aliphatic heterocycles. The number of fused-ring (bicyclic) bond motifs is 2. The van der Waals surface area contributed by atoms with E-state index in [-0.39, 0.29) is 13.2 Å². The van der Waals surface area contributed by atoms with Gasteiger partial charge in [-0.2, -0.15) is 0 Å². The zero-order chi connectivity index (χ0) is 25.2. The molecular weight excluding hydrogens is 475 g/mol. The maximum atomic E-state index is 9.69. The van der Waals surface area contributed by atoms with E-state index in [0.717, 1.165) is 11.0 Å². The van der Waals surface area contributed by atoms with E-state index in [1.54, 1.807) is 0 Å². The molecule has 2 aromatic heterocycles. The molecule has 0 saturated heterocycles. The third-order valence-corrected chi connectivity index (χ3v) is 11.6. The van der Waals surface area contributed by atoms with Crippen molar-refractivity contribution >= 4 is 50.3 Å². The lowest BCUT2D eigenvalue weighted by Gasteiger charge is -2.29. The second kappa shape index (κ2) is 9.99. The van der Waals surface area contributed by atoms with E-state index in [1.807, 2.05) is 0 Å². The van der Waals surface area contributed by atoms with Gasteiger partial charge < -0.3 is 19.3 Å². The first-order valence-electron chi connectivity index (χ1n) is 12.7. The number of benzene rings is 4. The van der Waals surface area contributed by atoms with E-state index in [1.165, 1.54) is 32.0 Å². The lowest BCUT2D eigenvalue weighted by Crippen LogP contribution is -2.39. The normalized spacial score (nSPS) is 11.9. The molecule has 0 bridgehead atoms. The molecular formula is C32H30N2O2P+. The highest BCUT2D eigenvalue weighted by molar-refractivity contribution is 8.02. The molecule has 2 heterocycles. The summed E-state index contributed by atoms with van der Waals surface area (Å²) in [5.41, 5.74) is 2.26. The van der Waals surface area contributed by atoms with Gasteiger partial charge in [0.1, 0.15) is 28.5 Å². The molecule has 0 amide bonds. The first-order valence-corrected chi connectivity index (χ1v) is 14.5. The van der Waals surface area contributed by atoms with Crippen molar-refractivity contribution in [1.29, 1.82) is 0 Å². The first kappa shape index (κ1) is 23.7. The van der Waals surface area contributed by atoms with E-state index in [4.69, 9.17) is 0 Å². The molecule has 6 aromatic rings. The van der Waals surface area contributed by atoms with E-state index in [2.05, 4.69) is 131 Å². The van der Waals surface area contributed by atoms with Crippen LogP contribution in [0.25, 0.3) is 21.8 Å². The number of hydrogen-bond acceptors (Lipinski definition) is 2. The monoisotopic (exact) mass is 505 g/mol. The van der Waals surface area contributed by atoms with Crippen LogP contribution in [-0.2, 0) is 13.1 Å². The summed E-state index contributed by atoms with van der Waals surface area (Å²) in [6, 6.07) is 39.4. The standard InChI is InChI=1S/C32H30N2O2P/c35-23-21-33-19-17-27-29(33)13-7-15-31(27)37(25-9-3-1-4-10-25,26-11-5-2-6-12-26)32-16-8-14-30-28(32)18-20-34(30)22-24-36/h1-20,35-36H,21-24H2/q+1. The van der Waals surface area contributed by atoms with Gasteiger partial charge in [-0.05, 0) is 60.7 Å². The van der Waals surface area contributed by atoms with Crippen LogP contribution in [0.3, 0.4) is 0 Å². The Balaban J connectivity index is 1.79. The predicted octanol–water partition coefficient (Wildman–Crippen LogP) is 4.20. The Morgan fingerprint density at radius 1 is 0.486 bits per heavy atom. The molecule has 0 unspecified atom stereocenters. The third kappa shape index (κ3) is 3.81. The molecule has 37 heavy (non-hydrogen) atoms. The fourth-order valence-corrected chi connectivity index (χ4v) is 10.4. The van der Waals surface area contributed by atoms with Gasteiger partial charge in [0.25, 0.3) is 0 Å². The lowest BCUT2D eigenvalue weighted by atomic mass is 10.2. The smallest absolute Gasteiger partial charge is 0.145 e. The zero-order valence-corrected chi connectivity index (χ0v) is 21.5. The van der Waals surface area contributed by atoms with Crippen molar-refractivity contribution in [3.8, 4) is 0 Å². The van der Waals surface area contributed by atoms with Crippen LogP contribution in [0.5, 0.6) is 0 Å². The van der Waals surface area contributed by atoms with Gasteiger partial charge in [0.05, 0.1) is 24.2 Å². The number of aliphatic hydroxyl groups is 2. The molecule has 4 aromatic carbocycles. The van der Waals surface area contributed by atoms with Crippen LogP contribution in [0, 0.1) is 0 Å². The summed E-state index contributed by atoms with van der Waals surface area (Å²) < 4.78 is 4.28. The van der Waals surface area contributed by atoms with Gasteiger partial charge >= 0.3 is 0 Å². The maximum Gasteiger partial charge on any atom is 0.145 e. The highest BCUT2D eigenvalue weighted by Crippen LogP contribution is 2.56. The summed E-state index contributed by atoms with van der Waals surface area (Å²) in [6.07, 6.45) is 4.18. The lowest BCUT2D eigenvalue weighted by molar-refractivity contribution is 0.278. The van der Waals surface area contributed by atoms with Crippen molar-refractivity contribution < 1.29 is 10.2 Å². The molecule has 6 rings (SSSR count). The Hall–Kier alpha value is -3.69. The second-order valence-corrected chi connectivity index (χ2v) is 12.6. The van der Waals surface area contributed by atoms with Gasteiger partial charge in [0, 0.05) is 36.3 Å². The van der Waals surface area contributed by atoms with Crippen molar-refractivity contribution in [2.45, 2.75) is 13.1 Å². The van der Waals surface area contributed by atoms with Crippen molar-refractivity contribution in [3.05, 3.63) is 122 Å². The largest absolute Gasteiger partial charge is 0.395 e. The van der Waals surface area contributed by atoms with Crippen molar-refractivity contribution in [3.63, 3.8) is 0 Å². The Kier molecular flexibility index (Phi) is 6.40. The van der Waals surface area contributed by atoms with Crippen LogP contribution in [0.1, 0.15) is 0 Å². The van der Waals surface area contributed by atoms with E-state index in [0.29, 0.717) is 13.1 Å². The van der Waals surface area contributed by atoms with Crippen molar-refractivity contribution in [1.82, 2.24) is 9.13 Å². The fourth-order valence-electron chi connectivity index (χ4n) is 5.74. The van der Waals surface area contributed by atoms with E-state index < -0.39 is 7.26 Å². The van der Waals surface area contributed by atoms with Gasteiger partial charge in [-0.1, -0.05) is 48.5 Å². The van der Waals surface area contributed by atoms with Crippen LogP contribution >= 0.6 is 7.26 Å². The topological polar surface area (TPSA) is 50.3 Å². The van der Waals surface area contributed by atoms with E-state index in [9.17, 15) is 10.2 Å². The van der Waals surface area contributed by atoms with Crippen LogP contribution in [0.4, 0.5) is 0 Å². The Labute approximate surface area is 217 Å². The number of nitrogens with zero attached hydrogens (tertiary/aromatic N) is 2. The molecule has 184 valence electrons. The average molecular weight is 506 g/mol. The Morgan fingerprint density at radius 2 is 0.919 bits per heavy atom. The summed E-state index contributed by atoms with van der Waals surface area (Å²) in [6.45, 7) is 1.33. The molecule has 0 fully saturated rings. The number of hydrogen-bond donors (Lipinski definition) is 2. The quantitative estimate of drug-likeness (QED) is 0.305. The highest BCUT2D eigenvalue weighted by Gasteiger charge is 2.50. The van der Waals surface area contributed by atoms with Gasteiger partial charge in [0.15, 0.2) is 0 Å². The molecule has 0 aliphatic rings. The van der Waals surface area contributed by atoms with Crippen LogP contribution < -0.4 is 21.2 Å². The van der Waals surface area contributed by atoms with Gasteiger partial charge in [0.2, 0.25) is 0 Å². The molecule has 0 radical (unpaired) electrons. The van der Waals surface area contributed by atoms with Gasteiger partial charge in [-0.15, -0.1) is 0 Å². The maximum absolute atomic E-state index is 9.69. The van der Waals surface area contributed by atoms with Crippen LogP contribution in [-0.4, -0.2) is 32.6 Å². The molecule has 4 nitrogen and oxygen atoms in total. The molecule has 0 atom stereocenters. The van der Waals surface area contributed by atoms with Gasteiger partial charge in [-0.3, -0.25) is 0 Å². The molecule has 5 heteroatoms. The molecule has 2 N–H and O–H groups in total. The predicted molar refractivity (Wildman–Crippen MR) is 156 cm³/mol. The van der Waals surface area contributed by atoms with Crippen molar-refractivity contribution in [2.75, 3.05) is 13.2 Å². The Morgan fingerprint density at radius 3 is 1.32 bits per heavy atom. The molecule has 0 saturated carbocycles. The minimum absolute atomic E-state index is 0.101. The average Bonchev–Trinajstić information content (AvgIpc) is 3.56. The summed E-state index contributed by atoms with van der Waals surface area (Å²) in [4.78, 5) is 0. The summed E-state index contributed by atoms with van der Waals surface area (Å²) >= 11 is 0. The SMILES string of the molecule is OCCn1ccc2c([P+](c3ccccc3)(c3ccccc3)c3cccc4c3ccn4CCO)cccc21. The number of aromatic nitrogens is 2. The molecule has 0 aliphatic carbocycles. The summed E-state index contributed by atoms with van der Waals surface area (Å²) in [5, 5.41) is 27.0. The minimum Gasteiger partial charge on any atom is -0.395 e. The third-order valence-electron chi connectivity index (χ3n) is 7.27. The summed E-state index contributed by atoms with van der Waals surface area (Å²) in [5.74, 6) is 0. The van der Waals surface area contributed by atoms with Crippen LogP contribution in [0.2, 0.25) is 0 Å². The van der Waals surface area contributed by atoms with Crippen LogP contribution in [0.15, 0.2) is 122 Å². The van der Waals surface area contributed by atoms with Gasteiger partial charge in [-0.25, -0.2) is 0 Å². The summed E-state index contributed by atoms with van der Waals surface area (Å²) in [7, 11) is -2.36. The number of aliphatic hydroxyl groups excluding tert-OH is 2. The fraction of sp³-hybridized carbons (Fsp3) is 0.125. The minimum atomic E-state index is -2.36. The number of rotatable bonds is 8. The zero-order valence-electron chi connectivity index (χ0n) is 20.6. The highest BCUT2D eigenvalue weighted by atomic mass is 31.2.